The SMILES string of the molecule is O=C(COC(=O)C1C[C@@H]2CCC[C@@H](C1)C2=O)Nc1ccc(Oc2ccccc2)cc1. The molecule has 0 saturated heterocycles. The Morgan fingerprint density at radius 3 is 2.20 bits per heavy atom. The molecule has 156 valence electrons. The molecular weight excluding hydrogens is 382 g/mol. The Hall–Kier alpha value is -3.15. The van der Waals surface area contributed by atoms with Gasteiger partial charge in [0.1, 0.15) is 17.3 Å². The summed E-state index contributed by atoms with van der Waals surface area (Å²) in [6.45, 7) is -0.332. The number of ether oxygens (including phenoxy) is 2. The minimum absolute atomic E-state index is 0.0134. The predicted molar refractivity (Wildman–Crippen MR) is 111 cm³/mol. The Kier molecular flexibility index (Phi) is 6.12. The summed E-state index contributed by atoms with van der Waals surface area (Å²) in [6, 6.07) is 16.4. The van der Waals surface area contributed by atoms with Crippen molar-refractivity contribution in [1.82, 2.24) is 0 Å². The highest BCUT2D eigenvalue weighted by Gasteiger charge is 2.41. The molecule has 1 amide bonds. The Labute approximate surface area is 175 Å². The van der Waals surface area contributed by atoms with E-state index in [1.54, 1.807) is 24.3 Å². The Bertz CT molecular complexity index is 893. The maximum absolute atomic E-state index is 12.4. The van der Waals surface area contributed by atoms with Gasteiger partial charge in [-0.05, 0) is 62.1 Å². The second-order valence-corrected chi connectivity index (χ2v) is 7.99. The van der Waals surface area contributed by atoms with E-state index in [0.29, 0.717) is 30.1 Å². The van der Waals surface area contributed by atoms with E-state index in [9.17, 15) is 14.4 Å². The zero-order chi connectivity index (χ0) is 20.9. The summed E-state index contributed by atoms with van der Waals surface area (Å²) in [7, 11) is 0. The summed E-state index contributed by atoms with van der Waals surface area (Å²) in [5.41, 5.74) is 0.592. The van der Waals surface area contributed by atoms with Crippen LogP contribution < -0.4 is 10.1 Å². The van der Waals surface area contributed by atoms with Crippen LogP contribution in [-0.4, -0.2) is 24.3 Å². The molecule has 0 heterocycles. The van der Waals surface area contributed by atoms with Gasteiger partial charge in [0.2, 0.25) is 0 Å². The molecule has 0 unspecified atom stereocenters. The molecule has 0 radical (unpaired) electrons. The first-order chi connectivity index (χ1) is 14.6. The van der Waals surface area contributed by atoms with Crippen LogP contribution >= 0.6 is 0 Å². The molecule has 6 heteroatoms. The van der Waals surface area contributed by atoms with Crippen LogP contribution in [0.25, 0.3) is 0 Å². The third-order valence-electron chi connectivity index (χ3n) is 5.84. The summed E-state index contributed by atoms with van der Waals surface area (Å²) >= 11 is 0. The average Bonchev–Trinajstić information content (AvgIpc) is 2.74. The molecule has 0 aromatic heterocycles. The van der Waals surface area contributed by atoms with E-state index in [0.717, 1.165) is 25.0 Å². The molecule has 2 aliphatic carbocycles. The van der Waals surface area contributed by atoms with E-state index in [1.165, 1.54) is 0 Å². The summed E-state index contributed by atoms with van der Waals surface area (Å²) in [5, 5.41) is 2.71. The number of hydrogen-bond donors (Lipinski definition) is 1. The van der Waals surface area contributed by atoms with Crippen LogP contribution in [0.1, 0.15) is 32.1 Å². The highest BCUT2D eigenvalue weighted by molar-refractivity contribution is 5.93. The second-order valence-electron chi connectivity index (χ2n) is 7.99. The number of carbonyl (C=O) groups excluding carboxylic acids is 3. The molecule has 2 fully saturated rings. The summed E-state index contributed by atoms with van der Waals surface area (Å²) in [6.07, 6.45) is 3.89. The average molecular weight is 407 g/mol. The molecule has 2 atom stereocenters. The van der Waals surface area contributed by atoms with Crippen LogP contribution in [-0.2, 0) is 19.1 Å². The van der Waals surface area contributed by atoms with E-state index in [-0.39, 0.29) is 30.3 Å². The van der Waals surface area contributed by atoms with Gasteiger partial charge in [-0.1, -0.05) is 24.6 Å². The van der Waals surface area contributed by atoms with Gasteiger partial charge in [-0.15, -0.1) is 0 Å². The van der Waals surface area contributed by atoms with Crippen LogP contribution in [0.3, 0.4) is 0 Å². The van der Waals surface area contributed by atoms with Crippen LogP contribution in [0.2, 0.25) is 0 Å². The summed E-state index contributed by atoms with van der Waals surface area (Å²) in [5.74, 6) is 0.620. The molecular formula is C24H25NO5. The van der Waals surface area contributed by atoms with Crippen molar-refractivity contribution < 1.29 is 23.9 Å². The number of hydrogen-bond acceptors (Lipinski definition) is 5. The monoisotopic (exact) mass is 407 g/mol. The zero-order valence-corrected chi connectivity index (χ0v) is 16.7. The second kappa shape index (κ2) is 9.11. The fraction of sp³-hybridized carbons (Fsp3) is 0.375. The number of anilines is 1. The number of Topliss-reactive ketones (excluding diaryl/α,β-unsaturated/α-hetero) is 1. The lowest BCUT2D eigenvalue weighted by molar-refractivity contribution is -0.155. The number of para-hydroxylation sites is 1. The zero-order valence-electron chi connectivity index (χ0n) is 16.7. The van der Waals surface area contributed by atoms with Crippen LogP contribution in [0.5, 0.6) is 11.5 Å². The van der Waals surface area contributed by atoms with Crippen molar-refractivity contribution in [3.63, 3.8) is 0 Å². The van der Waals surface area contributed by atoms with Gasteiger partial charge in [-0.2, -0.15) is 0 Å². The highest BCUT2D eigenvalue weighted by Crippen LogP contribution is 2.40. The number of benzene rings is 2. The summed E-state index contributed by atoms with van der Waals surface area (Å²) in [4.78, 5) is 36.7. The van der Waals surface area contributed by atoms with E-state index in [1.807, 2.05) is 30.3 Å². The van der Waals surface area contributed by atoms with E-state index < -0.39 is 5.91 Å². The molecule has 0 spiro atoms. The van der Waals surface area contributed by atoms with Gasteiger partial charge in [-0.25, -0.2) is 0 Å². The van der Waals surface area contributed by atoms with Crippen molar-refractivity contribution in [2.75, 3.05) is 11.9 Å². The maximum atomic E-state index is 12.4. The Balaban J connectivity index is 1.24. The lowest BCUT2D eigenvalue weighted by Gasteiger charge is -2.36. The standard InChI is InChI=1S/C24H25NO5/c26-22(15-29-24(28)18-13-16-5-4-6-17(14-18)23(16)27)25-19-9-11-21(12-10-19)30-20-7-2-1-3-8-20/h1-3,7-12,16-18H,4-6,13-15H2,(H,25,26)/t16-,17-/m0/s1. The largest absolute Gasteiger partial charge is 0.457 e. The van der Waals surface area contributed by atoms with E-state index in [2.05, 4.69) is 5.32 Å². The topological polar surface area (TPSA) is 81.7 Å². The minimum atomic E-state index is -0.396. The number of rotatable bonds is 6. The molecule has 2 aromatic rings. The Morgan fingerprint density at radius 1 is 0.900 bits per heavy atom. The lowest BCUT2D eigenvalue weighted by atomic mass is 9.67. The molecule has 1 N–H and O–H groups in total. The van der Waals surface area contributed by atoms with Gasteiger partial charge in [0, 0.05) is 17.5 Å². The smallest absolute Gasteiger partial charge is 0.309 e. The molecule has 2 saturated carbocycles. The van der Waals surface area contributed by atoms with Crippen LogP contribution in [0, 0.1) is 17.8 Å². The molecule has 2 bridgehead atoms. The minimum Gasteiger partial charge on any atom is -0.457 e. The van der Waals surface area contributed by atoms with E-state index in [4.69, 9.17) is 9.47 Å². The Morgan fingerprint density at radius 2 is 1.53 bits per heavy atom. The van der Waals surface area contributed by atoms with Crippen LogP contribution in [0.4, 0.5) is 5.69 Å². The van der Waals surface area contributed by atoms with Gasteiger partial charge in [-0.3, -0.25) is 14.4 Å². The molecule has 0 aliphatic heterocycles. The number of ketones is 1. The fourth-order valence-electron chi connectivity index (χ4n) is 4.35. The highest BCUT2D eigenvalue weighted by atomic mass is 16.5. The van der Waals surface area contributed by atoms with Crippen molar-refractivity contribution in [2.45, 2.75) is 32.1 Å². The van der Waals surface area contributed by atoms with Gasteiger partial charge in [0.15, 0.2) is 6.61 Å². The first-order valence-electron chi connectivity index (χ1n) is 10.4. The van der Waals surface area contributed by atoms with Crippen molar-refractivity contribution in [3.8, 4) is 11.5 Å². The normalized spacial score (nSPS) is 22.8. The predicted octanol–water partition coefficient (Wildman–Crippen LogP) is 4.36. The summed E-state index contributed by atoms with van der Waals surface area (Å²) < 4.78 is 10.9. The maximum Gasteiger partial charge on any atom is 0.309 e. The fourth-order valence-corrected chi connectivity index (χ4v) is 4.35. The van der Waals surface area contributed by atoms with Crippen molar-refractivity contribution in [1.29, 1.82) is 0 Å². The van der Waals surface area contributed by atoms with Gasteiger partial charge in [0.05, 0.1) is 5.92 Å². The van der Waals surface area contributed by atoms with Crippen LogP contribution in [0.15, 0.2) is 54.6 Å². The quantitative estimate of drug-likeness (QED) is 0.720. The first-order valence-corrected chi connectivity index (χ1v) is 10.4. The molecule has 6 nitrogen and oxygen atoms in total. The van der Waals surface area contributed by atoms with Gasteiger partial charge >= 0.3 is 5.97 Å². The third kappa shape index (κ3) is 4.87. The first kappa shape index (κ1) is 20.1. The van der Waals surface area contributed by atoms with Gasteiger partial charge in [0.25, 0.3) is 5.91 Å². The number of amides is 1. The van der Waals surface area contributed by atoms with Gasteiger partial charge < -0.3 is 14.8 Å². The van der Waals surface area contributed by atoms with Crippen molar-refractivity contribution in [3.05, 3.63) is 54.6 Å². The van der Waals surface area contributed by atoms with Crippen molar-refractivity contribution >= 4 is 23.3 Å². The molecule has 4 rings (SSSR count). The number of esters is 1. The number of carbonyl (C=O) groups is 3. The van der Waals surface area contributed by atoms with Crippen molar-refractivity contribution in [2.24, 2.45) is 17.8 Å². The number of nitrogens with one attached hydrogen (secondary N) is 1. The molecule has 2 aromatic carbocycles. The molecule has 2 aliphatic rings. The molecule has 30 heavy (non-hydrogen) atoms. The number of fused-ring (bicyclic) bond motifs is 2. The van der Waals surface area contributed by atoms with E-state index >= 15 is 0 Å². The lowest BCUT2D eigenvalue weighted by Crippen LogP contribution is -2.40. The third-order valence-corrected chi connectivity index (χ3v) is 5.84.